The van der Waals surface area contributed by atoms with Crippen LogP contribution in [0.25, 0.3) is 0 Å². The van der Waals surface area contributed by atoms with Gasteiger partial charge in [-0.25, -0.2) is 0 Å². The summed E-state index contributed by atoms with van der Waals surface area (Å²) in [6.07, 6.45) is -4.59. The second-order valence-corrected chi connectivity index (χ2v) is 3.84. The number of methoxy groups -OCH3 is 2. The predicted octanol–water partition coefficient (Wildman–Crippen LogP) is 0.865. The second kappa shape index (κ2) is 6.39. The number of hydrogen-bond acceptors (Lipinski definition) is 4. The maximum absolute atomic E-state index is 12.1. The zero-order valence-corrected chi connectivity index (χ0v) is 9.73. The molecule has 7 heteroatoms. The Labute approximate surface area is 93.3 Å². The van der Waals surface area contributed by atoms with Gasteiger partial charge < -0.3 is 20.5 Å². The molecular formula is C9H19F3N2O2. The molecule has 0 aromatic carbocycles. The molecule has 1 unspecified atom stereocenters. The minimum absolute atomic E-state index is 0.0618. The summed E-state index contributed by atoms with van der Waals surface area (Å²) >= 11 is 0. The lowest BCUT2D eigenvalue weighted by atomic mass is 9.97. The average Bonchev–Trinajstić information content (AvgIpc) is 2.22. The Balaban J connectivity index is 4.30. The molecule has 0 radical (unpaired) electrons. The summed E-state index contributed by atoms with van der Waals surface area (Å²) in [6.45, 7) is 0.580. The zero-order chi connectivity index (χ0) is 12.8. The van der Waals surface area contributed by atoms with E-state index in [1.54, 1.807) is 6.92 Å². The molecule has 0 rings (SSSR count). The highest BCUT2D eigenvalue weighted by Crippen LogP contribution is 2.18. The number of halogens is 3. The van der Waals surface area contributed by atoms with Gasteiger partial charge in [0.05, 0.1) is 6.54 Å². The fourth-order valence-corrected chi connectivity index (χ4v) is 1.17. The lowest BCUT2D eigenvalue weighted by Crippen LogP contribution is -2.53. The minimum atomic E-state index is -4.26. The summed E-state index contributed by atoms with van der Waals surface area (Å²) in [5.74, 6) is 0. The molecule has 0 aliphatic heterocycles. The van der Waals surface area contributed by atoms with Crippen LogP contribution in [0.5, 0.6) is 0 Å². The standard InChI is InChI=1S/C9H19F3N2O2/c1-8(5-13,4-7(15-2)16-3)14-6-9(10,11)12/h7,14H,4-6,13H2,1-3H3. The molecule has 0 spiro atoms. The SMILES string of the molecule is COC(CC(C)(CN)NCC(F)(F)F)OC. The van der Waals surface area contributed by atoms with Gasteiger partial charge in [0.2, 0.25) is 0 Å². The maximum atomic E-state index is 12.1. The predicted molar refractivity (Wildman–Crippen MR) is 53.9 cm³/mol. The normalized spacial score (nSPS) is 16.5. The topological polar surface area (TPSA) is 56.5 Å². The van der Waals surface area contributed by atoms with E-state index in [0.717, 1.165) is 0 Å². The first-order valence-electron chi connectivity index (χ1n) is 4.84. The van der Waals surface area contributed by atoms with Crippen LogP contribution in [0.1, 0.15) is 13.3 Å². The van der Waals surface area contributed by atoms with Gasteiger partial charge in [-0.15, -0.1) is 0 Å². The van der Waals surface area contributed by atoms with Crippen molar-refractivity contribution in [1.29, 1.82) is 0 Å². The number of nitrogens with two attached hydrogens (primary N) is 1. The van der Waals surface area contributed by atoms with Gasteiger partial charge in [-0.1, -0.05) is 0 Å². The summed E-state index contributed by atoms with van der Waals surface area (Å²) in [5, 5.41) is 2.37. The number of alkyl halides is 3. The summed E-state index contributed by atoms with van der Waals surface area (Å²) in [4.78, 5) is 0. The van der Waals surface area contributed by atoms with Crippen LogP contribution in [0.4, 0.5) is 13.2 Å². The van der Waals surface area contributed by atoms with Crippen molar-refractivity contribution in [2.75, 3.05) is 27.3 Å². The minimum Gasteiger partial charge on any atom is -0.356 e. The molecular weight excluding hydrogens is 225 g/mol. The van der Waals surface area contributed by atoms with Crippen LogP contribution in [0.3, 0.4) is 0 Å². The van der Waals surface area contributed by atoms with Crippen LogP contribution in [0, 0.1) is 0 Å². The van der Waals surface area contributed by atoms with Crippen molar-refractivity contribution in [1.82, 2.24) is 5.32 Å². The first-order chi connectivity index (χ1) is 7.26. The third-order valence-electron chi connectivity index (χ3n) is 2.31. The Morgan fingerprint density at radius 1 is 1.25 bits per heavy atom. The smallest absolute Gasteiger partial charge is 0.356 e. The molecule has 0 heterocycles. The van der Waals surface area contributed by atoms with E-state index in [4.69, 9.17) is 15.2 Å². The molecule has 4 nitrogen and oxygen atoms in total. The average molecular weight is 244 g/mol. The number of hydrogen-bond donors (Lipinski definition) is 2. The highest BCUT2D eigenvalue weighted by molar-refractivity contribution is 4.86. The van der Waals surface area contributed by atoms with Crippen molar-refractivity contribution in [3.05, 3.63) is 0 Å². The van der Waals surface area contributed by atoms with E-state index in [0.29, 0.717) is 0 Å². The highest BCUT2D eigenvalue weighted by Gasteiger charge is 2.33. The third-order valence-corrected chi connectivity index (χ3v) is 2.31. The van der Waals surface area contributed by atoms with Crippen molar-refractivity contribution < 1.29 is 22.6 Å². The molecule has 0 amide bonds. The Bertz CT molecular complexity index is 198. The van der Waals surface area contributed by atoms with E-state index in [-0.39, 0.29) is 13.0 Å². The van der Waals surface area contributed by atoms with E-state index >= 15 is 0 Å². The Morgan fingerprint density at radius 2 is 1.75 bits per heavy atom. The van der Waals surface area contributed by atoms with Crippen molar-refractivity contribution in [2.45, 2.75) is 31.3 Å². The van der Waals surface area contributed by atoms with Crippen LogP contribution in [0.15, 0.2) is 0 Å². The number of rotatable bonds is 7. The van der Waals surface area contributed by atoms with Gasteiger partial charge in [0.25, 0.3) is 0 Å². The van der Waals surface area contributed by atoms with E-state index in [1.165, 1.54) is 14.2 Å². The van der Waals surface area contributed by atoms with E-state index in [1.807, 2.05) is 0 Å². The Morgan fingerprint density at radius 3 is 2.06 bits per heavy atom. The van der Waals surface area contributed by atoms with Crippen molar-refractivity contribution in [3.63, 3.8) is 0 Å². The van der Waals surface area contributed by atoms with Gasteiger partial charge in [0.1, 0.15) is 0 Å². The number of ether oxygens (including phenoxy) is 2. The van der Waals surface area contributed by atoms with Crippen LogP contribution < -0.4 is 11.1 Å². The molecule has 16 heavy (non-hydrogen) atoms. The van der Waals surface area contributed by atoms with Crippen molar-refractivity contribution >= 4 is 0 Å². The van der Waals surface area contributed by atoms with Gasteiger partial charge in [-0.05, 0) is 6.92 Å². The molecule has 0 aliphatic rings. The van der Waals surface area contributed by atoms with Gasteiger partial charge >= 0.3 is 6.18 Å². The molecule has 98 valence electrons. The Kier molecular flexibility index (Phi) is 6.24. The molecule has 1 atom stereocenters. The maximum Gasteiger partial charge on any atom is 0.401 e. The molecule has 3 N–H and O–H groups in total. The first kappa shape index (κ1) is 15.6. The van der Waals surface area contributed by atoms with Crippen LogP contribution in [0.2, 0.25) is 0 Å². The van der Waals surface area contributed by atoms with E-state index < -0.39 is 24.6 Å². The van der Waals surface area contributed by atoms with Crippen molar-refractivity contribution in [3.8, 4) is 0 Å². The summed E-state index contributed by atoms with van der Waals surface area (Å²) in [7, 11) is 2.85. The lowest BCUT2D eigenvalue weighted by molar-refractivity contribution is -0.138. The van der Waals surface area contributed by atoms with Crippen LogP contribution in [-0.4, -0.2) is 45.3 Å². The molecule has 0 saturated heterocycles. The molecule has 0 aliphatic carbocycles. The largest absolute Gasteiger partial charge is 0.401 e. The monoisotopic (exact) mass is 244 g/mol. The fourth-order valence-electron chi connectivity index (χ4n) is 1.17. The quantitative estimate of drug-likeness (QED) is 0.652. The van der Waals surface area contributed by atoms with Gasteiger partial charge in [-0.3, -0.25) is 0 Å². The zero-order valence-electron chi connectivity index (χ0n) is 9.73. The van der Waals surface area contributed by atoms with Gasteiger partial charge in [-0.2, -0.15) is 13.2 Å². The summed E-state index contributed by atoms with van der Waals surface area (Å²) < 4.78 is 46.0. The van der Waals surface area contributed by atoms with Gasteiger partial charge in [0, 0.05) is 32.7 Å². The third kappa shape index (κ3) is 6.26. The second-order valence-electron chi connectivity index (χ2n) is 3.84. The molecule has 0 aromatic heterocycles. The highest BCUT2D eigenvalue weighted by atomic mass is 19.4. The van der Waals surface area contributed by atoms with Crippen LogP contribution in [-0.2, 0) is 9.47 Å². The van der Waals surface area contributed by atoms with E-state index in [2.05, 4.69) is 5.32 Å². The van der Waals surface area contributed by atoms with E-state index in [9.17, 15) is 13.2 Å². The van der Waals surface area contributed by atoms with Crippen molar-refractivity contribution in [2.24, 2.45) is 5.73 Å². The fraction of sp³-hybridized carbons (Fsp3) is 1.00. The Hall–Kier alpha value is -0.370. The molecule has 0 fully saturated rings. The lowest BCUT2D eigenvalue weighted by Gasteiger charge is -2.32. The van der Waals surface area contributed by atoms with Gasteiger partial charge in [0.15, 0.2) is 6.29 Å². The molecule has 0 saturated carbocycles. The number of nitrogens with one attached hydrogen (secondary N) is 1. The first-order valence-corrected chi connectivity index (χ1v) is 4.84. The molecule has 0 bridgehead atoms. The summed E-state index contributed by atoms with van der Waals surface area (Å²) in [5.41, 5.74) is 4.58. The summed E-state index contributed by atoms with van der Waals surface area (Å²) in [6, 6.07) is 0. The van der Waals surface area contributed by atoms with Crippen LogP contribution >= 0.6 is 0 Å². The molecule has 0 aromatic rings.